The number of nitrogens with two attached hydrogens (primary N) is 1. The smallest absolute Gasteiger partial charge is 0.194 e. The van der Waals surface area contributed by atoms with Crippen molar-refractivity contribution in [1.29, 1.82) is 0 Å². The molecule has 1 aliphatic heterocycles. The fourth-order valence-corrected chi connectivity index (χ4v) is 1.11. The van der Waals surface area contributed by atoms with E-state index in [2.05, 4.69) is 10.3 Å². The first-order chi connectivity index (χ1) is 5.11. The Morgan fingerprint density at radius 1 is 1.73 bits per heavy atom. The molecule has 1 atom stereocenters. The highest BCUT2D eigenvalue weighted by Gasteiger charge is 2.17. The first-order valence-corrected chi connectivity index (χ1v) is 3.61. The molecule has 1 aliphatic rings. The largest absolute Gasteiger partial charge is 0.370 e. The minimum atomic E-state index is -0.141. The highest BCUT2D eigenvalue weighted by atomic mass is 35.5. The summed E-state index contributed by atoms with van der Waals surface area (Å²) in [5, 5.41) is 3.37. The normalized spacial score (nSPS) is 24.2. The van der Waals surface area contributed by atoms with Crippen molar-refractivity contribution in [2.24, 2.45) is 10.7 Å². The zero-order chi connectivity index (χ0) is 8.43. The molecule has 11 heavy (non-hydrogen) atoms. The van der Waals surface area contributed by atoms with Gasteiger partial charge in [0.1, 0.15) is 6.17 Å². The van der Waals surface area contributed by atoms with Crippen LogP contribution in [0.1, 0.15) is 0 Å². The lowest BCUT2D eigenvalue weighted by molar-refractivity contribution is 0.344. The number of rotatable bonds is 1. The van der Waals surface area contributed by atoms with Crippen LogP contribution < -0.4 is 11.1 Å². The average molecular weight is 175 g/mol. The molecule has 4 nitrogen and oxygen atoms in total. The SMILES string of the molecule is CN(C)C1N=C(N)NC=C1Cl. The van der Waals surface area contributed by atoms with Gasteiger partial charge in [-0.3, -0.25) is 4.90 Å². The second kappa shape index (κ2) is 3.11. The van der Waals surface area contributed by atoms with Crippen LogP contribution in [-0.4, -0.2) is 31.1 Å². The van der Waals surface area contributed by atoms with E-state index >= 15 is 0 Å². The quantitative estimate of drug-likeness (QED) is 0.583. The third-order valence-electron chi connectivity index (χ3n) is 1.36. The fraction of sp³-hybridized carbons (Fsp3) is 0.500. The summed E-state index contributed by atoms with van der Waals surface area (Å²) >= 11 is 5.84. The van der Waals surface area contributed by atoms with E-state index < -0.39 is 0 Å². The van der Waals surface area contributed by atoms with Crippen molar-refractivity contribution in [3.05, 3.63) is 11.2 Å². The van der Waals surface area contributed by atoms with Gasteiger partial charge in [0, 0.05) is 6.20 Å². The highest BCUT2D eigenvalue weighted by molar-refractivity contribution is 6.30. The van der Waals surface area contributed by atoms with Crippen LogP contribution in [-0.2, 0) is 0 Å². The molecule has 0 fully saturated rings. The summed E-state index contributed by atoms with van der Waals surface area (Å²) in [6.45, 7) is 0. The van der Waals surface area contributed by atoms with Gasteiger partial charge in [0.2, 0.25) is 0 Å². The molecule has 0 amide bonds. The van der Waals surface area contributed by atoms with Crippen LogP contribution in [0.2, 0.25) is 0 Å². The van der Waals surface area contributed by atoms with Crippen molar-refractivity contribution < 1.29 is 0 Å². The van der Waals surface area contributed by atoms with Crippen LogP contribution >= 0.6 is 11.6 Å². The van der Waals surface area contributed by atoms with E-state index in [9.17, 15) is 0 Å². The Labute approximate surface area is 70.7 Å². The predicted octanol–water partition coefficient (Wildman–Crippen LogP) is -0.128. The maximum Gasteiger partial charge on any atom is 0.194 e. The Bertz CT molecular complexity index is 209. The number of aliphatic imine (C=N–C) groups is 1. The third-order valence-corrected chi connectivity index (χ3v) is 1.66. The van der Waals surface area contributed by atoms with E-state index in [0.29, 0.717) is 11.0 Å². The summed E-state index contributed by atoms with van der Waals surface area (Å²) < 4.78 is 0. The maximum atomic E-state index is 5.84. The van der Waals surface area contributed by atoms with Gasteiger partial charge in [-0.2, -0.15) is 0 Å². The average Bonchev–Trinajstić information content (AvgIpc) is 1.94. The molecular formula is C6H11ClN4. The summed E-state index contributed by atoms with van der Waals surface area (Å²) in [5.41, 5.74) is 5.43. The van der Waals surface area contributed by atoms with Crippen LogP contribution in [0.3, 0.4) is 0 Å². The summed E-state index contributed by atoms with van der Waals surface area (Å²) in [7, 11) is 3.78. The number of halogens is 1. The zero-order valence-corrected chi connectivity index (χ0v) is 7.26. The van der Waals surface area contributed by atoms with Gasteiger partial charge in [0.05, 0.1) is 5.03 Å². The van der Waals surface area contributed by atoms with Crippen molar-refractivity contribution in [2.45, 2.75) is 6.17 Å². The Morgan fingerprint density at radius 2 is 2.36 bits per heavy atom. The topological polar surface area (TPSA) is 53.6 Å². The van der Waals surface area contributed by atoms with Crippen LogP contribution in [0.15, 0.2) is 16.2 Å². The standard InChI is InChI=1S/C6H11ClN4/c1-11(2)5-4(7)3-9-6(8)10-5/h3,5H,1-2H3,(H3,8,9,10). The summed E-state index contributed by atoms with van der Waals surface area (Å²) in [5.74, 6) is 0.396. The van der Waals surface area contributed by atoms with E-state index in [1.54, 1.807) is 6.20 Å². The summed E-state index contributed by atoms with van der Waals surface area (Å²) in [4.78, 5) is 5.95. The van der Waals surface area contributed by atoms with Crippen molar-refractivity contribution in [1.82, 2.24) is 10.2 Å². The molecule has 0 saturated heterocycles. The van der Waals surface area contributed by atoms with Gasteiger partial charge in [0.25, 0.3) is 0 Å². The summed E-state index contributed by atoms with van der Waals surface area (Å²) in [6.07, 6.45) is 1.51. The lowest BCUT2D eigenvalue weighted by Crippen LogP contribution is -2.38. The molecule has 0 aliphatic carbocycles. The monoisotopic (exact) mass is 174 g/mol. The fourth-order valence-electron chi connectivity index (χ4n) is 0.810. The molecule has 0 aromatic carbocycles. The molecule has 3 N–H and O–H groups in total. The minimum absolute atomic E-state index is 0.141. The van der Waals surface area contributed by atoms with Crippen molar-refractivity contribution in [3.63, 3.8) is 0 Å². The highest BCUT2D eigenvalue weighted by Crippen LogP contribution is 2.14. The second-order valence-corrected chi connectivity index (χ2v) is 2.96. The van der Waals surface area contributed by atoms with Crippen LogP contribution in [0.25, 0.3) is 0 Å². The first kappa shape index (κ1) is 8.36. The van der Waals surface area contributed by atoms with Crippen LogP contribution in [0.4, 0.5) is 0 Å². The van der Waals surface area contributed by atoms with Gasteiger partial charge in [-0.1, -0.05) is 11.6 Å². The van der Waals surface area contributed by atoms with Crippen molar-refractivity contribution >= 4 is 17.6 Å². The number of guanidine groups is 1. The number of nitrogens with one attached hydrogen (secondary N) is 1. The van der Waals surface area contributed by atoms with Crippen LogP contribution in [0.5, 0.6) is 0 Å². The molecular weight excluding hydrogens is 164 g/mol. The molecule has 0 bridgehead atoms. The van der Waals surface area contributed by atoms with E-state index in [4.69, 9.17) is 17.3 Å². The van der Waals surface area contributed by atoms with Gasteiger partial charge in [-0.15, -0.1) is 0 Å². The Balaban J connectivity index is 2.76. The molecule has 1 heterocycles. The molecule has 0 radical (unpaired) electrons. The third kappa shape index (κ3) is 1.85. The van der Waals surface area contributed by atoms with Gasteiger partial charge in [-0.05, 0) is 14.1 Å². The van der Waals surface area contributed by atoms with E-state index in [0.717, 1.165) is 0 Å². The zero-order valence-electron chi connectivity index (χ0n) is 6.50. The number of hydrogen-bond acceptors (Lipinski definition) is 4. The van der Waals surface area contributed by atoms with Gasteiger partial charge >= 0.3 is 0 Å². The van der Waals surface area contributed by atoms with E-state index in [-0.39, 0.29) is 6.17 Å². The van der Waals surface area contributed by atoms with E-state index in [1.165, 1.54) is 0 Å². The molecule has 0 spiro atoms. The number of likely N-dealkylation sites (N-methyl/N-ethyl adjacent to an activating group) is 1. The second-order valence-electron chi connectivity index (χ2n) is 2.53. The number of nitrogens with zero attached hydrogens (tertiary/aromatic N) is 2. The molecule has 1 rings (SSSR count). The van der Waals surface area contributed by atoms with Gasteiger partial charge < -0.3 is 11.1 Å². The molecule has 5 heteroatoms. The molecule has 0 aromatic rings. The molecule has 1 unspecified atom stereocenters. The lowest BCUT2D eigenvalue weighted by atomic mass is 10.4. The summed E-state index contributed by atoms with van der Waals surface area (Å²) in [6, 6.07) is 0. The molecule has 0 saturated carbocycles. The van der Waals surface area contributed by atoms with Crippen molar-refractivity contribution in [3.8, 4) is 0 Å². The lowest BCUT2D eigenvalue weighted by Gasteiger charge is -2.23. The van der Waals surface area contributed by atoms with Crippen LogP contribution in [0, 0.1) is 0 Å². The Kier molecular flexibility index (Phi) is 2.36. The molecule has 0 aromatic heterocycles. The Morgan fingerprint density at radius 3 is 2.82 bits per heavy atom. The number of hydrogen-bond donors (Lipinski definition) is 2. The van der Waals surface area contributed by atoms with Gasteiger partial charge in [0.15, 0.2) is 5.96 Å². The minimum Gasteiger partial charge on any atom is -0.370 e. The van der Waals surface area contributed by atoms with E-state index in [1.807, 2.05) is 19.0 Å². The maximum absolute atomic E-state index is 5.84. The molecule has 62 valence electrons. The predicted molar refractivity (Wildman–Crippen MR) is 46.2 cm³/mol. The first-order valence-electron chi connectivity index (χ1n) is 3.23. The van der Waals surface area contributed by atoms with Crippen molar-refractivity contribution in [2.75, 3.05) is 14.1 Å². The van der Waals surface area contributed by atoms with Gasteiger partial charge in [-0.25, -0.2) is 4.99 Å². The Hall–Kier alpha value is -0.740.